The Kier molecular flexibility index (Phi) is 2.34. The predicted octanol–water partition coefficient (Wildman–Crippen LogP) is 0.406. The van der Waals surface area contributed by atoms with Gasteiger partial charge in [-0.25, -0.2) is 19.9 Å². The van der Waals surface area contributed by atoms with Gasteiger partial charge in [0.05, 0.1) is 11.1 Å². The first-order valence-corrected chi connectivity index (χ1v) is 5.29. The number of aromatic carboxylic acids is 1. The number of aromatic amines is 2. The Bertz CT molecular complexity index is 815. The van der Waals surface area contributed by atoms with Crippen LogP contribution < -0.4 is 5.56 Å². The summed E-state index contributed by atoms with van der Waals surface area (Å²) in [7, 11) is 0. The van der Waals surface area contributed by atoms with Crippen molar-refractivity contribution >= 4 is 17.1 Å². The molecular formula is C11H7N5O3. The molecule has 3 heterocycles. The summed E-state index contributed by atoms with van der Waals surface area (Å²) in [6.45, 7) is 0. The van der Waals surface area contributed by atoms with E-state index < -0.39 is 5.97 Å². The minimum atomic E-state index is -1.07. The van der Waals surface area contributed by atoms with E-state index in [1.807, 2.05) is 0 Å². The fourth-order valence-electron chi connectivity index (χ4n) is 1.69. The Morgan fingerprint density at radius 1 is 1.26 bits per heavy atom. The number of hydrogen-bond acceptors (Lipinski definition) is 5. The van der Waals surface area contributed by atoms with Gasteiger partial charge in [-0.2, -0.15) is 5.10 Å². The van der Waals surface area contributed by atoms with E-state index >= 15 is 0 Å². The minimum Gasteiger partial charge on any atom is -0.478 e. The first-order valence-electron chi connectivity index (χ1n) is 5.29. The maximum absolute atomic E-state index is 11.1. The number of nitrogens with one attached hydrogen (secondary N) is 2. The third-order valence-electron chi connectivity index (χ3n) is 2.54. The Morgan fingerprint density at radius 3 is 2.79 bits per heavy atom. The molecule has 0 atom stereocenters. The van der Waals surface area contributed by atoms with Crippen LogP contribution in [0.15, 0.2) is 29.2 Å². The van der Waals surface area contributed by atoms with Crippen molar-refractivity contribution in [1.82, 2.24) is 25.1 Å². The van der Waals surface area contributed by atoms with Crippen LogP contribution in [0.4, 0.5) is 0 Å². The molecule has 0 fully saturated rings. The van der Waals surface area contributed by atoms with Gasteiger partial charge in [0.2, 0.25) is 0 Å². The number of carboxylic acid groups (broad SMARTS) is 1. The topological polar surface area (TPSA) is 125 Å². The second kappa shape index (κ2) is 4.02. The molecule has 0 radical (unpaired) electrons. The third-order valence-corrected chi connectivity index (χ3v) is 2.54. The number of pyridine rings is 1. The van der Waals surface area contributed by atoms with E-state index in [4.69, 9.17) is 5.11 Å². The Hall–Kier alpha value is -3.03. The smallest absolute Gasteiger partial charge is 0.338 e. The van der Waals surface area contributed by atoms with E-state index in [0.717, 1.165) is 0 Å². The summed E-state index contributed by atoms with van der Waals surface area (Å²) in [5.41, 5.74) is 0.743. The van der Waals surface area contributed by atoms with Crippen molar-refractivity contribution in [2.24, 2.45) is 0 Å². The lowest BCUT2D eigenvalue weighted by molar-refractivity contribution is 0.0699. The molecule has 0 aliphatic rings. The second-order valence-corrected chi connectivity index (χ2v) is 3.75. The summed E-state index contributed by atoms with van der Waals surface area (Å²) < 4.78 is 0. The van der Waals surface area contributed by atoms with E-state index in [-0.39, 0.29) is 16.8 Å². The number of imidazole rings is 1. The molecule has 8 heteroatoms. The monoisotopic (exact) mass is 257 g/mol. The maximum atomic E-state index is 11.1. The molecule has 0 aliphatic carbocycles. The molecule has 0 aliphatic heterocycles. The lowest BCUT2D eigenvalue weighted by Crippen LogP contribution is -2.05. The molecule has 0 bridgehead atoms. The zero-order chi connectivity index (χ0) is 13.4. The van der Waals surface area contributed by atoms with Crippen LogP contribution in [-0.2, 0) is 0 Å². The lowest BCUT2D eigenvalue weighted by Gasteiger charge is -1.94. The molecule has 0 aromatic carbocycles. The SMILES string of the molecule is O=C(O)c1ccnc2nc(-c3ccc(=O)[nH]n3)[nH]c12. The summed E-state index contributed by atoms with van der Waals surface area (Å²) in [5.74, 6) is -0.732. The molecule has 0 spiro atoms. The van der Waals surface area contributed by atoms with Crippen molar-refractivity contribution in [2.45, 2.75) is 0 Å². The predicted molar refractivity (Wildman–Crippen MR) is 64.7 cm³/mol. The number of fused-ring (bicyclic) bond motifs is 1. The van der Waals surface area contributed by atoms with Crippen LogP contribution >= 0.6 is 0 Å². The van der Waals surface area contributed by atoms with Crippen LogP contribution in [0.1, 0.15) is 10.4 Å². The highest BCUT2D eigenvalue weighted by molar-refractivity contribution is 6.00. The molecule has 3 aromatic rings. The van der Waals surface area contributed by atoms with Gasteiger partial charge in [-0.05, 0) is 12.1 Å². The third kappa shape index (κ3) is 1.84. The minimum absolute atomic E-state index is 0.0770. The highest BCUT2D eigenvalue weighted by Gasteiger charge is 2.14. The van der Waals surface area contributed by atoms with Crippen LogP contribution in [-0.4, -0.2) is 36.2 Å². The summed E-state index contributed by atoms with van der Waals surface area (Å²) in [6.07, 6.45) is 1.37. The van der Waals surface area contributed by atoms with Crippen molar-refractivity contribution in [3.63, 3.8) is 0 Å². The van der Waals surface area contributed by atoms with Crippen molar-refractivity contribution in [3.05, 3.63) is 40.3 Å². The highest BCUT2D eigenvalue weighted by Crippen LogP contribution is 2.19. The second-order valence-electron chi connectivity index (χ2n) is 3.75. The van der Waals surface area contributed by atoms with E-state index in [2.05, 4.69) is 25.1 Å². The van der Waals surface area contributed by atoms with Crippen LogP contribution in [0.2, 0.25) is 0 Å². The van der Waals surface area contributed by atoms with Crippen LogP contribution in [0, 0.1) is 0 Å². The summed E-state index contributed by atoms with van der Waals surface area (Å²) in [6, 6.07) is 4.17. The first kappa shape index (κ1) is 11.1. The lowest BCUT2D eigenvalue weighted by atomic mass is 10.2. The average molecular weight is 257 g/mol. The molecule has 0 amide bonds. The summed E-state index contributed by atoms with van der Waals surface area (Å²) in [5, 5.41) is 15.2. The maximum Gasteiger partial charge on any atom is 0.338 e. The number of carboxylic acids is 1. The van der Waals surface area contributed by atoms with E-state index in [1.54, 1.807) is 0 Å². The zero-order valence-electron chi connectivity index (χ0n) is 9.41. The summed E-state index contributed by atoms with van der Waals surface area (Å²) in [4.78, 5) is 33.0. The molecule has 19 heavy (non-hydrogen) atoms. The number of nitrogens with zero attached hydrogens (tertiary/aromatic N) is 3. The van der Waals surface area contributed by atoms with Crippen molar-refractivity contribution in [2.75, 3.05) is 0 Å². The van der Waals surface area contributed by atoms with Gasteiger partial charge in [-0.15, -0.1) is 0 Å². The van der Waals surface area contributed by atoms with Crippen molar-refractivity contribution in [1.29, 1.82) is 0 Å². The fourth-order valence-corrected chi connectivity index (χ4v) is 1.69. The molecule has 3 N–H and O–H groups in total. The van der Waals surface area contributed by atoms with Gasteiger partial charge in [-0.3, -0.25) is 4.79 Å². The molecule has 3 rings (SSSR count). The largest absolute Gasteiger partial charge is 0.478 e. The Labute approximate surface area is 105 Å². The zero-order valence-corrected chi connectivity index (χ0v) is 9.41. The number of aromatic nitrogens is 5. The van der Waals surface area contributed by atoms with Crippen molar-refractivity contribution < 1.29 is 9.90 Å². The van der Waals surface area contributed by atoms with E-state index in [9.17, 15) is 9.59 Å². The summed E-state index contributed by atoms with van der Waals surface area (Å²) >= 11 is 0. The van der Waals surface area contributed by atoms with Gasteiger partial charge in [-0.1, -0.05) is 0 Å². The molecule has 3 aromatic heterocycles. The number of carbonyl (C=O) groups is 1. The quantitative estimate of drug-likeness (QED) is 0.610. The van der Waals surface area contributed by atoms with Gasteiger partial charge < -0.3 is 10.1 Å². The Morgan fingerprint density at radius 2 is 2.11 bits per heavy atom. The van der Waals surface area contributed by atoms with Gasteiger partial charge in [0, 0.05) is 12.3 Å². The standard InChI is InChI=1S/C11H7N5O3/c17-7-2-1-6(15-16-7)9-13-8-5(11(18)19)3-4-12-10(8)14-9/h1-4H,(H,16,17)(H,18,19)(H,12,13,14). The number of hydrogen-bond donors (Lipinski definition) is 3. The molecule has 94 valence electrons. The van der Waals surface area contributed by atoms with Gasteiger partial charge >= 0.3 is 5.97 Å². The normalized spacial score (nSPS) is 10.7. The van der Waals surface area contributed by atoms with Crippen molar-refractivity contribution in [3.8, 4) is 11.5 Å². The van der Waals surface area contributed by atoms with Gasteiger partial charge in [0.25, 0.3) is 5.56 Å². The average Bonchev–Trinajstić information content (AvgIpc) is 2.82. The molecule has 0 saturated carbocycles. The van der Waals surface area contributed by atoms with Crippen LogP contribution in [0.5, 0.6) is 0 Å². The van der Waals surface area contributed by atoms with Gasteiger partial charge in [0.15, 0.2) is 11.5 Å². The number of H-pyrrole nitrogens is 2. The number of rotatable bonds is 2. The van der Waals surface area contributed by atoms with Gasteiger partial charge in [0.1, 0.15) is 5.69 Å². The Balaban J connectivity index is 2.21. The van der Waals surface area contributed by atoms with E-state index in [1.165, 1.54) is 24.4 Å². The first-order chi connectivity index (χ1) is 9.15. The van der Waals surface area contributed by atoms with Crippen LogP contribution in [0.25, 0.3) is 22.7 Å². The van der Waals surface area contributed by atoms with E-state index in [0.29, 0.717) is 17.0 Å². The molecular weight excluding hydrogens is 250 g/mol. The fraction of sp³-hybridized carbons (Fsp3) is 0. The molecule has 8 nitrogen and oxygen atoms in total. The molecule has 0 unspecified atom stereocenters. The highest BCUT2D eigenvalue weighted by atomic mass is 16.4. The van der Waals surface area contributed by atoms with Crippen LogP contribution in [0.3, 0.4) is 0 Å². The molecule has 0 saturated heterocycles.